The van der Waals surface area contributed by atoms with Crippen LogP contribution in [0.5, 0.6) is 0 Å². The average molecular weight is 498 g/mol. The van der Waals surface area contributed by atoms with Crippen molar-refractivity contribution in [2.45, 2.75) is 58.0 Å². The summed E-state index contributed by atoms with van der Waals surface area (Å²) >= 11 is 0. The largest absolute Gasteiger partial charge is 0.504 e. The van der Waals surface area contributed by atoms with E-state index in [1.54, 1.807) is 24.4 Å². The van der Waals surface area contributed by atoms with Crippen molar-refractivity contribution in [2.75, 3.05) is 7.11 Å². The van der Waals surface area contributed by atoms with Crippen LogP contribution in [-0.4, -0.2) is 33.5 Å². The fourth-order valence-electron chi connectivity index (χ4n) is 4.91. The highest BCUT2D eigenvalue weighted by Gasteiger charge is 2.39. The highest BCUT2D eigenvalue weighted by atomic mass is 19.2. The Morgan fingerprint density at radius 3 is 2.56 bits per heavy atom. The van der Waals surface area contributed by atoms with Gasteiger partial charge in [-0.3, -0.25) is 4.79 Å². The molecule has 8 heteroatoms. The van der Waals surface area contributed by atoms with Crippen LogP contribution in [0.15, 0.2) is 66.4 Å². The molecule has 5 nitrogen and oxygen atoms in total. The standard InChI is InChI=1S/C28H30F3N3O2/c1-18-16-33(17-32-18)19(2)7-8-20(11-12-36-3)13-21-9-10-23-5-4-6-26(34(23)28(21)35)22-14-24(29)27(31)25(30)15-22/h7-8,11-17,23,26H,4-6,9-10H2,1-3H3/b12-11+,19-7+,20-8+,21-13+. The minimum Gasteiger partial charge on any atom is -0.504 e. The maximum atomic E-state index is 14.0. The smallest absolute Gasteiger partial charge is 0.250 e. The Balaban J connectivity index is 1.65. The summed E-state index contributed by atoms with van der Waals surface area (Å²) in [4.78, 5) is 19.6. The summed E-state index contributed by atoms with van der Waals surface area (Å²) in [5, 5.41) is 0. The van der Waals surface area contributed by atoms with Gasteiger partial charge in [0.25, 0.3) is 5.91 Å². The predicted octanol–water partition coefficient (Wildman–Crippen LogP) is 6.40. The van der Waals surface area contributed by atoms with E-state index in [1.165, 1.54) is 6.26 Å². The average Bonchev–Trinajstić information content (AvgIpc) is 3.31. The SMILES string of the molecule is CO/C=C/C(=C\C=C(/C)n1cnc(C)c1)/C=C1\CCC2CCCC(c3cc(F)c(F)c(F)c3)N2C1=O. The molecule has 0 radical (unpaired) electrons. The third-order valence-electron chi connectivity index (χ3n) is 6.76. The van der Waals surface area contributed by atoms with E-state index >= 15 is 0 Å². The number of aryl methyl sites for hydroxylation is 1. The zero-order valence-electron chi connectivity index (χ0n) is 20.7. The van der Waals surface area contributed by atoms with Crippen molar-refractivity contribution < 1.29 is 22.7 Å². The second-order valence-corrected chi connectivity index (χ2v) is 9.26. The number of piperidine rings is 2. The molecule has 36 heavy (non-hydrogen) atoms. The normalized spacial score (nSPS) is 22.4. The molecule has 2 aliphatic rings. The van der Waals surface area contributed by atoms with Gasteiger partial charge in [0.05, 0.1) is 31.4 Å². The number of methoxy groups -OCH3 is 1. The zero-order valence-corrected chi connectivity index (χ0v) is 20.7. The van der Waals surface area contributed by atoms with Gasteiger partial charge in [0.2, 0.25) is 0 Å². The van der Waals surface area contributed by atoms with Crippen LogP contribution in [0.3, 0.4) is 0 Å². The number of ether oxygens (including phenoxy) is 1. The number of hydrogen-bond acceptors (Lipinski definition) is 3. The second kappa shape index (κ2) is 11.0. The quantitative estimate of drug-likeness (QED) is 0.201. The predicted molar refractivity (Wildman–Crippen MR) is 132 cm³/mol. The van der Waals surface area contributed by atoms with Gasteiger partial charge in [-0.25, -0.2) is 18.2 Å². The maximum absolute atomic E-state index is 14.0. The molecule has 2 atom stereocenters. The minimum atomic E-state index is -1.49. The molecule has 2 saturated heterocycles. The first-order valence-corrected chi connectivity index (χ1v) is 12.0. The molecule has 2 aliphatic heterocycles. The first-order valence-electron chi connectivity index (χ1n) is 12.0. The van der Waals surface area contributed by atoms with Crippen LogP contribution in [-0.2, 0) is 9.53 Å². The first-order chi connectivity index (χ1) is 17.3. The summed E-state index contributed by atoms with van der Waals surface area (Å²) in [6, 6.07) is 1.50. The summed E-state index contributed by atoms with van der Waals surface area (Å²) in [6.07, 6.45) is 16.2. The highest BCUT2D eigenvalue weighted by Crippen LogP contribution is 2.41. The molecule has 2 unspecified atom stereocenters. The van der Waals surface area contributed by atoms with Crippen LogP contribution < -0.4 is 0 Å². The summed E-state index contributed by atoms with van der Waals surface area (Å²) in [5.74, 6) is -4.13. The van der Waals surface area contributed by atoms with Gasteiger partial charge in [0, 0.05) is 23.5 Å². The van der Waals surface area contributed by atoms with Crippen molar-refractivity contribution in [3.63, 3.8) is 0 Å². The van der Waals surface area contributed by atoms with Gasteiger partial charge in [0.1, 0.15) is 0 Å². The van der Waals surface area contributed by atoms with Gasteiger partial charge in [-0.2, -0.15) is 0 Å². The van der Waals surface area contributed by atoms with Crippen molar-refractivity contribution in [3.8, 4) is 0 Å². The fraction of sp³-hybridized carbons (Fsp3) is 0.357. The Kier molecular flexibility index (Phi) is 7.82. The Bertz CT molecular complexity index is 1240. The minimum absolute atomic E-state index is 0.0156. The van der Waals surface area contributed by atoms with Gasteiger partial charge in [-0.15, -0.1) is 0 Å². The van der Waals surface area contributed by atoms with Crippen molar-refractivity contribution in [2.24, 2.45) is 0 Å². The number of allylic oxidation sites excluding steroid dienone is 6. The Labute approximate surface area is 209 Å². The van der Waals surface area contributed by atoms with Gasteiger partial charge >= 0.3 is 0 Å². The molecule has 0 bridgehead atoms. The molecule has 1 aromatic carbocycles. The lowest BCUT2D eigenvalue weighted by Gasteiger charge is -2.46. The Morgan fingerprint density at radius 1 is 1.14 bits per heavy atom. The number of fused-ring (bicyclic) bond motifs is 1. The topological polar surface area (TPSA) is 47.4 Å². The molecule has 0 spiro atoms. The van der Waals surface area contributed by atoms with E-state index in [-0.39, 0.29) is 17.5 Å². The van der Waals surface area contributed by atoms with Crippen LogP contribution in [0, 0.1) is 24.4 Å². The number of imidazole rings is 1. The van der Waals surface area contributed by atoms with Crippen molar-refractivity contribution >= 4 is 11.6 Å². The summed E-state index contributed by atoms with van der Waals surface area (Å²) in [7, 11) is 1.55. The Hall–Kier alpha value is -3.55. The lowest BCUT2D eigenvalue weighted by atomic mass is 9.83. The third-order valence-corrected chi connectivity index (χ3v) is 6.76. The van der Waals surface area contributed by atoms with E-state index in [1.807, 2.05) is 42.8 Å². The van der Waals surface area contributed by atoms with Crippen LogP contribution in [0.1, 0.15) is 56.3 Å². The van der Waals surface area contributed by atoms with Crippen LogP contribution in [0.25, 0.3) is 5.70 Å². The van der Waals surface area contributed by atoms with Gasteiger partial charge in [-0.05, 0) is 87.4 Å². The first kappa shape index (κ1) is 25.5. The number of aromatic nitrogens is 2. The van der Waals surface area contributed by atoms with E-state index in [4.69, 9.17) is 4.74 Å². The summed E-state index contributed by atoms with van der Waals surface area (Å²) in [5.41, 5.74) is 3.52. The van der Waals surface area contributed by atoms with E-state index < -0.39 is 23.5 Å². The molecule has 0 saturated carbocycles. The highest BCUT2D eigenvalue weighted by molar-refractivity contribution is 5.95. The number of carbonyl (C=O) groups is 1. The fourth-order valence-corrected chi connectivity index (χ4v) is 4.91. The number of hydrogen-bond donors (Lipinski definition) is 0. The molecule has 2 aromatic rings. The number of amides is 1. The molecule has 0 aliphatic carbocycles. The lowest BCUT2D eigenvalue weighted by molar-refractivity contribution is -0.136. The van der Waals surface area contributed by atoms with Gasteiger partial charge < -0.3 is 14.2 Å². The van der Waals surface area contributed by atoms with Gasteiger partial charge in [-0.1, -0.05) is 6.08 Å². The maximum Gasteiger partial charge on any atom is 0.250 e. The third kappa shape index (κ3) is 5.48. The van der Waals surface area contributed by atoms with Crippen molar-refractivity contribution in [1.82, 2.24) is 14.5 Å². The molecule has 190 valence electrons. The van der Waals surface area contributed by atoms with E-state index in [9.17, 15) is 18.0 Å². The molecule has 0 N–H and O–H groups in total. The van der Waals surface area contributed by atoms with Crippen molar-refractivity contribution in [1.29, 1.82) is 0 Å². The molecule has 4 rings (SSSR count). The molecular formula is C28H30F3N3O2. The Morgan fingerprint density at radius 2 is 1.89 bits per heavy atom. The summed E-state index contributed by atoms with van der Waals surface area (Å²) in [6.45, 7) is 3.87. The van der Waals surface area contributed by atoms with E-state index in [0.717, 1.165) is 48.4 Å². The molecule has 3 heterocycles. The molecular weight excluding hydrogens is 467 g/mol. The number of rotatable bonds is 6. The number of halogens is 3. The number of carbonyl (C=O) groups excluding carboxylic acids is 1. The summed E-state index contributed by atoms with van der Waals surface area (Å²) < 4.78 is 48.5. The van der Waals surface area contributed by atoms with E-state index in [0.29, 0.717) is 18.4 Å². The van der Waals surface area contributed by atoms with Gasteiger partial charge in [0.15, 0.2) is 17.5 Å². The molecule has 1 aromatic heterocycles. The van der Waals surface area contributed by atoms with E-state index in [2.05, 4.69) is 4.98 Å². The molecule has 2 fully saturated rings. The number of benzene rings is 1. The number of nitrogens with zero attached hydrogens (tertiary/aromatic N) is 3. The van der Waals surface area contributed by atoms with Crippen molar-refractivity contribution in [3.05, 3.63) is 95.1 Å². The monoisotopic (exact) mass is 497 g/mol. The zero-order chi connectivity index (χ0) is 25.8. The van der Waals surface area contributed by atoms with Crippen LogP contribution in [0.2, 0.25) is 0 Å². The second-order valence-electron chi connectivity index (χ2n) is 9.26. The van der Waals surface area contributed by atoms with Crippen LogP contribution in [0.4, 0.5) is 13.2 Å². The van der Waals surface area contributed by atoms with Crippen LogP contribution >= 0.6 is 0 Å². The lowest BCUT2D eigenvalue weighted by Crippen LogP contribution is -2.49. The molecule has 1 amide bonds.